The summed E-state index contributed by atoms with van der Waals surface area (Å²) in [5.41, 5.74) is 6.72. The molecule has 14 heavy (non-hydrogen) atoms. The normalized spacial score (nSPS) is 31.4. The van der Waals surface area contributed by atoms with Gasteiger partial charge in [-0.25, -0.2) is 0 Å². The molecular weight excluding hydrogens is 178 g/mol. The Bertz CT molecular complexity index is 294. The van der Waals surface area contributed by atoms with Crippen LogP contribution in [0.2, 0.25) is 0 Å². The molecule has 0 bridgehead atoms. The van der Waals surface area contributed by atoms with Gasteiger partial charge in [-0.05, 0) is 13.1 Å². The summed E-state index contributed by atoms with van der Waals surface area (Å²) >= 11 is 0. The molecule has 0 radical (unpaired) electrons. The van der Waals surface area contributed by atoms with Crippen LogP contribution in [0.1, 0.15) is 0 Å². The van der Waals surface area contributed by atoms with Gasteiger partial charge in [0, 0.05) is 0 Å². The molecule has 76 valence electrons. The number of nitrogens with zero attached hydrogens (tertiary/aromatic N) is 1. The van der Waals surface area contributed by atoms with Gasteiger partial charge >= 0.3 is 0 Å². The van der Waals surface area contributed by atoms with Crippen molar-refractivity contribution < 1.29 is 0 Å². The first kappa shape index (κ1) is 9.54. The number of aliphatic imine (C=N–C) groups is 1. The summed E-state index contributed by atoms with van der Waals surface area (Å²) in [5, 5.41) is 9.26. The highest BCUT2D eigenvalue weighted by Gasteiger charge is 2.24. The Kier molecular flexibility index (Phi) is 2.74. The van der Waals surface area contributed by atoms with E-state index in [1.54, 1.807) is 7.05 Å². The Labute approximate surface area is 83.2 Å². The van der Waals surface area contributed by atoms with Crippen LogP contribution in [0.25, 0.3) is 0 Å². The fourth-order valence-electron chi connectivity index (χ4n) is 1.49. The highest BCUT2D eigenvalue weighted by molar-refractivity contribution is 6.03. The van der Waals surface area contributed by atoms with Gasteiger partial charge in [0.25, 0.3) is 0 Å². The van der Waals surface area contributed by atoms with Gasteiger partial charge in [0.1, 0.15) is 6.29 Å². The molecule has 0 amide bonds. The number of rotatable bonds is 3. The summed E-state index contributed by atoms with van der Waals surface area (Å²) in [6.07, 6.45) is 7.72. The fraction of sp³-hybridized carbons (Fsp3) is 0.444. The van der Waals surface area contributed by atoms with Gasteiger partial charge in [-0.2, -0.15) is 0 Å². The highest BCUT2D eigenvalue weighted by atomic mass is 15.4. The minimum atomic E-state index is -0.245. The number of hydrogen-bond donors (Lipinski definition) is 4. The number of hydrogen-bond acceptors (Lipinski definition) is 5. The van der Waals surface area contributed by atoms with Gasteiger partial charge in [-0.1, -0.05) is 18.2 Å². The van der Waals surface area contributed by atoms with Crippen LogP contribution in [-0.2, 0) is 0 Å². The first-order valence-corrected chi connectivity index (χ1v) is 4.67. The zero-order valence-electron chi connectivity index (χ0n) is 8.07. The third kappa shape index (κ3) is 1.91. The van der Waals surface area contributed by atoms with Crippen molar-refractivity contribution in [3.63, 3.8) is 0 Å². The van der Waals surface area contributed by atoms with Crippen LogP contribution in [0, 0.1) is 0 Å². The van der Waals surface area contributed by atoms with E-state index in [4.69, 9.17) is 5.73 Å². The molecule has 0 aromatic rings. The summed E-state index contributed by atoms with van der Waals surface area (Å²) < 4.78 is 0. The van der Waals surface area contributed by atoms with Gasteiger partial charge in [-0.3, -0.25) is 20.9 Å². The Hall–Kier alpha value is -1.01. The Morgan fingerprint density at radius 1 is 1.57 bits per heavy atom. The van der Waals surface area contributed by atoms with Crippen molar-refractivity contribution in [2.75, 3.05) is 7.05 Å². The van der Waals surface area contributed by atoms with Crippen LogP contribution in [0.3, 0.4) is 0 Å². The van der Waals surface area contributed by atoms with E-state index in [1.165, 1.54) is 0 Å². The van der Waals surface area contributed by atoms with Gasteiger partial charge in [0.2, 0.25) is 0 Å². The van der Waals surface area contributed by atoms with E-state index >= 15 is 0 Å². The molecular formula is C9H15N5. The standard InChI is InChI=1S/C9H15N5/c1-11-8(10)14-9-12-6-4-2-3-5-7(6)13-9/h2-6,8-9,11-12,14H,10H2,1H3. The maximum absolute atomic E-state index is 5.67. The number of allylic oxidation sites excluding steroid dienone is 2. The zero-order chi connectivity index (χ0) is 9.97. The van der Waals surface area contributed by atoms with Gasteiger partial charge in [0.15, 0.2) is 6.29 Å². The number of fused-ring (bicyclic) bond motifs is 1. The van der Waals surface area contributed by atoms with E-state index in [2.05, 4.69) is 27.0 Å². The van der Waals surface area contributed by atoms with E-state index in [0.717, 1.165) is 5.71 Å². The van der Waals surface area contributed by atoms with E-state index in [1.807, 2.05) is 18.2 Å². The van der Waals surface area contributed by atoms with Crippen molar-refractivity contribution in [2.45, 2.75) is 18.6 Å². The Morgan fingerprint density at radius 2 is 2.43 bits per heavy atom. The second-order valence-electron chi connectivity index (χ2n) is 3.28. The maximum Gasteiger partial charge on any atom is 0.156 e. The van der Waals surface area contributed by atoms with Crippen molar-refractivity contribution in [2.24, 2.45) is 10.7 Å². The summed E-state index contributed by atoms with van der Waals surface area (Å²) in [7, 11) is 1.80. The summed E-state index contributed by atoms with van der Waals surface area (Å²) in [4.78, 5) is 4.43. The number of nitrogens with two attached hydrogens (primary N) is 1. The van der Waals surface area contributed by atoms with Crippen LogP contribution in [0.4, 0.5) is 0 Å². The van der Waals surface area contributed by atoms with Gasteiger partial charge < -0.3 is 5.73 Å². The average molecular weight is 193 g/mol. The zero-order valence-corrected chi connectivity index (χ0v) is 8.07. The lowest BCUT2D eigenvalue weighted by Gasteiger charge is -2.18. The van der Waals surface area contributed by atoms with E-state index < -0.39 is 0 Å². The lowest BCUT2D eigenvalue weighted by molar-refractivity contribution is 0.372. The Balaban J connectivity index is 1.97. The summed E-state index contributed by atoms with van der Waals surface area (Å²) in [5.74, 6) is 0. The van der Waals surface area contributed by atoms with Crippen LogP contribution in [0.15, 0.2) is 29.3 Å². The quantitative estimate of drug-likeness (QED) is 0.427. The van der Waals surface area contributed by atoms with Crippen molar-refractivity contribution in [1.82, 2.24) is 16.0 Å². The molecule has 0 fully saturated rings. The molecule has 5 heteroatoms. The Morgan fingerprint density at radius 3 is 3.14 bits per heavy atom. The van der Waals surface area contributed by atoms with Gasteiger partial charge in [-0.15, -0.1) is 0 Å². The molecule has 2 rings (SSSR count). The van der Waals surface area contributed by atoms with Crippen molar-refractivity contribution in [3.05, 3.63) is 24.3 Å². The van der Waals surface area contributed by atoms with E-state index in [0.29, 0.717) is 0 Å². The maximum atomic E-state index is 5.67. The third-order valence-electron chi connectivity index (χ3n) is 2.26. The number of nitrogens with one attached hydrogen (secondary N) is 3. The van der Waals surface area contributed by atoms with Gasteiger partial charge in [0.05, 0.1) is 11.8 Å². The molecule has 1 heterocycles. The average Bonchev–Trinajstić information content (AvgIpc) is 2.59. The molecule has 5 N–H and O–H groups in total. The topological polar surface area (TPSA) is 74.5 Å². The summed E-state index contributed by atoms with van der Waals surface area (Å²) in [6.45, 7) is 0. The lowest BCUT2D eigenvalue weighted by atomic mass is 10.1. The smallest absolute Gasteiger partial charge is 0.156 e. The van der Waals surface area contributed by atoms with Crippen LogP contribution in [0.5, 0.6) is 0 Å². The molecule has 0 aromatic heterocycles. The molecule has 3 atom stereocenters. The molecule has 0 saturated carbocycles. The van der Waals surface area contributed by atoms with E-state index in [9.17, 15) is 0 Å². The van der Waals surface area contributed by atoms with Crippen LogP contribution < -0.4 is 21.7 Å². The predicted octanol–water partition coefficient (Wildman–Crippen LogP) is -1.14. The minimum absolute atomic E-state index is 0.107. The molecule has 0 spiro atoms. The molecule has 1 aliphatic heterocycles. The largest absolute Gasteiger partial charge is 0.304 e. The summed E-state index contributed by atoms with van der Waals surface area (Å²) in [6, 6.07) is 0.224. The molecule has 3 unspecified atom stereocenters. The van der Waals surface area contributed by atoms with Crippen molar-refractivity contribution in [1.29, 1.82) is 0 Å². The minimum Gasteiger partial charge on any atom is -0.304 e. The van der Waals surface area contributed by atoms with Crippen LogP contribution >= 0.6 is 0 Å². The van der Waals surface area contributed by atoms with E-state index in [-0.39, 0.29) is 18.6 Å². The lowest BCUT2D eigenvalue weighted by Crippen LogP contribution is -2.55. The molecule has 2 aliphatic rings. The molecule has 1 aliphatic carbocycles. The second-order valence-corrected chi connectivity index (χ2v) is 3.28. The SMILES string of the molecule is CNC(N)NC1N=C2C=CC=CC2N1. The molecule has 5 nitrogen and oxygen atoms in total. The molecule has 0 aromatic carbocycles. The first-order chi connectivity index (χ1) is 6.79. The third-order valence-corrected chi connectivity index (χ3v) is 2.26. The first-order valence-electron chi connectivity index (χ1n) is 4.67. The molecule has 0 saturated heterocycles. The highest BCUT2D eigenvalue weighted by Crippen LogP contribution is 2.09. The second kappa shape index (κ2) is 4.02. The van der Waals surface area contributed by atoms with Crippen LogP contribution in [-0.4, -0.2) is 31.4 Å². The van der Waals surface area contributed by atoms with Crippen molar-refractivity contribution >= 4 is 5.71 Å². The fourth-order valence-corrected chi connectivity index (χ4v) is 1.49. The van der Waals surface area contributed by atoms with Crippen molar-refractivity contribution in [3.8, 4) is 0 Å². The monoisotopic (exact) mass is 193 g/mol. The predicted molar refractivity (Wildman–Crippen MR) is 56.6 cm³/mol.